The fourth-order valence-electron chi connectivity index (χ4n) is 1.78. The van der Waals surface area contributed by atoms with Gasteiger partial charge in [-0.2, -0.15) is 0 Å². The molecule has 0 aliphatic heterocycles. The Kier molecular flexibility index (Phi) is 4.87. The molecule has 0 saturated heterocycles. The molecule has 2 aromatic carbocycles. The van der Waals surface area contributed by atoms with E-state index < -0.39 is 10.7 Å². The maximum atomic E-state index is 13.3. The van der Waals surface area contributed by atoms with Crippen LogP contribution in [0.5, 0.6) is 5.75 Å². The number of aliphatic hydroxyl groups is 1. The minimum Gasteiger partial charge on any atom is -0.489 e. The Labute approximate surface area is 128 Å². The van der Waals surface area contributed by atoms with Crippen LogP contribution in [-0.4, -0.2) is 10.0 Å². The van der Waals surface area contributed by atoms with Crippen molar-refractivity contribution in [2.45, 2.75) is 13.2 Å². The molecule has 5 nitrogen and oxygen atoms in total. The third-order valence-corrected chi connectivity index (χ3v) is 3.68. The third kappa shape index (κ3) is 3.77. The first-order chi connectivity index (χ1) is 10.0. The number of benzene rings is 2. The molecular formula is C14H11BrFNO4. The second-order valence-corrected chi connectivity index (χ2v) is 5.04. The highest BCUT2D eigenvalue weighted by molar-refractivity contribution is 9.10. The summed E-state index contributed by atoms with van der Waals surface area (Å²) in [6, 6.07) is 8.49. The molecule has 0 unspecified atom stereocenters. The summed E-state index contributed by atoms with van der Waals surface area (Å²) in [4.78, 5) is 10.3. The first-order valence-corrected chi connectivity index (χ1v) is 6.75. The zero-order chi connectivity index (χ0) is 15.4. The third-order valence-electron chi connectivity index (χ3n) is 2.76. The van der Waals surface area contributed by atoms with Gasteiger partial charge < -0.3 is 9.84 Å². The van der Waals surface area contributed by atoms with E-state index in [2.05, 4.69) is 15.9 Å². The van der Waals surface area contributed by atoms with Crippen molar-refractivity contribution in [2.75, 3.05) is 0 Å². The lowest BCUT2D eigenvalue weighted by Gasteiger charge is -2.09. The van der Waals surface area contributed by atoms with Crippen molar-refractivity contribution >= 4 is 21.6 Å². The van der Waals surface area contributed by atoms with Crippen molar-refractivity contribution in [2.24, 2.45) is 0 Å². The molecule has 0 spiro atoms. The molecule has 2 rings (SSSR count). The number of aliphatic hydroxyl groups excluding tert-OH is 1. The summed E-state index contributed by atoms with van der Waals surface area (Å²) in [5.41, 5.74) is 0.897. The number of halogens is 2. The van der Waals surface area contributed by atoms with Gasteiger partial charge in [0.1, 0.15) is 22.6 Å². The lowest BCUT2D eigenvalue weighted by Crippen LogP contribution is -2.00. The summed E-state index contributed by atoms with van der Waals surface area (Å²) in [5.74, 6) is -0.271. The van der Waals surface area contributed by atoms with Gasteiger partial charge in [0.2, 0.25) is 0 Å². The van der Waals surface area contributed by atoms with Gasteiger partial charge in [0.25, 0.3) is 5.69 Å². The molecule has 0 saturated carbocycles. The van der Waals surface area contributed by atoms with Crippen LogP contribution in [0, 0.1) is 15.9 Å². The Morgan fingerprint density at radius 2 is 2.10 bits per heavy atom. The Morgan fingerprint density at radius 3 is 2.76 bits per heavy atom. The first kappa shape index (κ1) is 15.4. The predicted octanol–water partition coefficient (Wildman–Crippen LogP) is 3.57. The summed E-state index contributed by atoms with van der Waals surface area (Å²) in [6.45, 7) is -0.259. The molecule has 0 amide bonds. The van der Waals surface area contributed by atoms with Crippen molar-refractivity contribution in [1.82, 2.24) is 0 Å². The fourth-order valence-corrected chi connectivity index (χ4v) is 2.30. The summed E-state index contributed by atoms with van der Waals surface area (Å²) < 4.78 is 19.1. The van der Waals surface area contributed by atoms with Crippen LogP contribution in [0.3, 0.4) is 0 Å². The van der Waals surface area contributed by atoms with Crippen LogP contribution < -0.4 is 4.74 Å². The first-order valence-electron chi connectivity index (χ1n) is 5.96. The van der Waals surface area contributed by atoms with E-state index in [1.54, 1.807) is 12.1 Å². The highest BCUT2D eigenvalue weighted by Gasteiger charge is 2.15. The van der Waals surface area contributed by atoms with Gasteiger partial charge in [-0.1, -0.05) is 12.1 Å². The Balaban J connectivity index is 2.19. The van der Waals surface area contributed by atoms with E-state index in [1.165, 1.54) is 24.3 Å². The molecule has 21 heavy (non-hydrogen) atoms. The Bertz CT molecular complexity index is 678. The molecule has 1 N–H and O–H groups in total. The van der Waals surface area contributed by atoms with Crippen LogP contribution in [0.1, 0.15) is 11.1 Å². The Morgan fingerprint density at radius 1 is 1.33 bits per heavy atom. The van der Waals surface area contributed by atoms with Gasteiger partial charge >= 0.3 is 0 Å². The minimum absolute atomic E-state index is 0.0383. The van der Waals surface area contributed by atoms with E-state index >= 15 is 0 Å². The summed E-state index contributed by atoms with van der Waals surface area (Å²) in [7, 11) is 0. The van der Waals surface area contributed by atoms with Gasteiger partial charge in [-0.05, 0) is 33.6 Å². The lowest BCUT2D eigenvalue weighted by atomic mass is 10.2. The van der Waals surface area contributed by atoms with Crippen molar-refractivity contribution < 1.29 is 19.2 Å². The second-order valence-electron chi connectivity index (χ2n) is 4.25. The monoisotopic (exact) mass is 355 g/mol. The van der Waals surface area contributed by atoms with Gasteiger partial charge in [0.15, 0.2) is 0 Å². The summed E-state index contributed by atoms with van der Waals surface area (Å²) in [6.07, 6.45) is 0. The van der Waals surface area contributed by atoms with Crippen LogP contribution in [0.2, 0.25) is 0 Å². The van der Waals surface area contributed by atoms with Crippen molar-refractivity contribution in [3.63, 3.8) is 0 Å². The van der Waals surface area contributed by atoms with E-state index in [9.17, 15) is 14.5 Å². The van der Waals surface area contributed by atoms with Gasteiger partial charge in [-0.3, -0.25) is 10.1 Å². The molecular weight excluding hydrogens is 345 g/mol. The van der Waals surface area contributed by atoms with Crippen LogP contribution in [-0.2, 0) is 13.2 Å². The predicted molar refractivity (Wildman–Crippen MR) is 77.5 cm³/mol. The largest absolute Gasteiger partial charge is 0.489 e. The van der Waals surface area contributed by atoms with Gasteiger partial charge in [0, 0.05) is 17.7 Å². The average Bonchev–Trinajstić information content (AvgIpc) is 2.45. The standard InChI is InChI=1S/C14H11BrFNO4/c15-14-10(2-1-3-13(14)17(19)20)8-21-12-5-9(7-18)4-11(16)6-12/h1-6,18H,7-8H2. The fraction of sp³-hybridized carbons (Fsp3) is 0.143. The van der Waals surface area contributed by atoms with E-state index in [0.29, 0.717) is 15.6 Å². The maximum Gasteiger partial charge on any atom is 0.283 e. The van der Waals surface area contributed by atoms with E-state index in [4.69, 9.17) is 9.84 Å². The number of nitro groups is 1. The van der Waals surface area contributed by atoms with Crippen LogP contribution in [0.4, 0.5) is 10.1 Å². The van der Waals surface area contributed by atoms with Crippen LogP contribution in [0.25, 0.3) is 0 Å². The lowest BCUT2D eigenvalue weighted by molar-refractivity contribution is -0.385. The number of nitrogens with zero attached hydrogens (tertiary/aromatic N) is 1. The van der Waals surface area contributed by atoms with Crippen molar-refractivity contribution in [1.29, 1.82) is 0 Å². The zero-order valence-electron chi connectivity index (χ0n) is 10.8. The number of ether oxygens (including phenoxy) is 1. The van der Waals surface area contributed by atoms with Crippen LogP contribution in [0.15, 0.2) is 40.9 Å². The topological polar surface area (TPSA) is 72.6 Å². The molecule has 0 bridgehead atoms. The zero-order valence-corrected chi connectivity index (χ0v) is 12.3. The normalized spacial score (nSPS) is 10.4. The van der Waals surface area contributed by atoms with Gasteiger partial charge in [0.05, 0.1) is 11.5 Å². The highest BCUT2D eigenvalue weighted by Crippen LogP contribution is 2.29. The van der Waals surface area contributed by atoms with E-state index in [1.807, 2.05) is 0 Å². The van der Waals surface area contributed by atoms with Gasteiger partial charge in [-0.15, -0.1) is 0 Å². The molecule has 0 fully saturated rings. The maximum absolute atomic E-state index is 13.3. The Hall–Kier alpha value is -1.99. The molecule has 2 aromatic rings. The average molecular weight is 356 g/mol. The number of nitro benzene ring substituents is 1. The van der Waals surface area contributed by atoms with Crippen LogP contribution >= 0.6 is 15.9 Å². The highest BCUT2D eigenvalue weighted by atomic mass is 79.9. The quantitative estimate of drug-likeness (QED) is 0.657. The molecule has 0 atom stereocenters. The molecule has 7 heteroatoms. The van der Waals surface area contributed by atoms with Crippen molar-refractivity contribution in [3.05, 3.63) is 67.9 Å². The van der Waals surface area contributed by atoms with E-state index in [0.717, 1.165) is 0 Å². The molecule has 0 aliphatic rings. The van der Waals surface area contributed by atoms with Gasteiger partial charge in [-0.25, -0.2) is 4.39 Å². The molecule has 110 valence electrons. The summed E-state index contributed by atoms with van der Waals surface area (Å²) in [5, 5.41) is 19.8. The molecule has 0 radical (unpaired) electrons. The number of hydrogen-bond donors (Lipinski definition) is 1. The number of hydrogen-bond acceptors (Lipinski definition) is 4. The molecule has 0 heterocycles. The van der Waals surface area contributed by atoms with E-state index in [-0.39, 0.29) is 24.7 Å². The SMILES string of the molecule is O=[N+]([O-])c1cccc(COc2cc(F)cc(CO)c2)c1Br. The summed E-state index contributed by atoms with van der Waals surface area (Å²) >= 11 is 3.16. The second kappa shape index (κ2) is 6.64. The minimum atomic E-state index is -0.519. The van der Waals surface area contributed by atoms with Crippen molar-refractivity contribution in [3.8, 4) is 5.75 Å². The number of rotatable bonds is 5. The molecule has 0 aromatic heterocycles. The molecule has 0 aliphatic carbocycles. The smallest absolute Gasteiger partial charge is 0.283 e.